The third kappa shape index (κ3) is 5.21. The molecule has 0 heterocycles. The van der Waals surface area contributed by atoms with E-state index in [4.69, 9.17) is 16.3 Å². The van der Waals surface area contributed by atoms with Gasteiger partial charge < -0.3 is 10.1 Å². The van der Waals surface area contributed by atoms with Crippen molar-refractivity contribution >= 4 is 33.3 Å². The first-order chi connectivity index (χ1) is 11.3. The Kier molecular flexibility index (Phi) is 6.23. The molecule has 1 fully saturated rings. The monoisotopic (exact) mass is 373 g/mol. The average Bonchev–Trinajstić information content (AvgIpc) is 2.53. The average molecular weight is 374 g/mol. The second-order valence-corrected chi connectivity index (χ2v) is 8.32. The van der Waals surface area contributed by atoms with E-state index in [0.29, 0.717) is 0 Å². The summed E-state index contributed by atoms with van der Waals surface area (Å²) in [5.41, 5.74) is -0.0786. The minimum Gasteiger partial charge on any atom is -0.452 e. The highest BCUT2D eigenvalue weighted by Gasteiger charge is 2.19. The molecule has 6 nitrogen and oxygen atoms in total. The summed E-state index contributed by atoms with van der Waals surface area (Å²) in [6, 6.07) is 3.90. The zero-order valence-corrected chi connectivity index (χ0v) is 15.0. The van der Waals surface area contributed by atoms with E-state index < -0.39 is 22.4 Å². The molecule has 0 aromatic heterocycles. The molecule has 0 unspecified atom stereocenters. The van der Waals surface area contributed by atoms with Crippen LogP contribution in [0, 0.1) is 0 Å². The molecule has 0 atom stereocenters. The predicted octanol–water partition coefficient (Wildman–Crippen LogP) is 2.35. The van der Waals surface area contributed by atoms with Gasteiger partial charge in [-0.1, -0.05) is 30.9 Å². The van der Waals surface area contributed by atoms with Crippen LogP contribution in [0.15, 0.2) is 23.1 Å². The van der Waals surface area contributed by atoms with Gasteiger partial charge in [0.2, 0.25) is 0 Å². The Morgan fingerprint density at radius 1 is 1.25 bits per heavy atom. The van der Waals surface area contributed by atoms with E-state index in [1.165, 1.54) is 18.6 Å². The van der Waals surface area contributed by atoms with Crippen molar-refractivity contribution in [3.8, 4) is 0 Å². The fourth-order valence-electron chi connectivity index (χ4n) is 2.62. The van der Waals surface area contributed by atoms with Crippen LogP contribution < -0.4 is 5.32 Å². The van der Waals surface area contributed by atoms with Crippen LogP contribution >= 0.6 is 11.6 Å². The minimum absolute atomic E-state index is 0.0366. The van der Waals surface area contributed by atoms with Gasteiger partial charge in [0, 0.05) is 12.3 Å². The third-order valence-electron chi connectivity index (χ3n) is 3.89. The van der Waals surface area contributed by atoms with Gasteiger partial charge in [0.05, 0.1) is 15.5 Å². The second kappa shape index (κ2) is 7.98. The highest BCUT2D eigenvalue weighted by Crippen LogP contribution is 2.21. The van der Waals surface area contributed by atoms with Crippen LogP contribution in [0.5, 0.6) is 0 Å². The molecule has 132 valence electrons. The van der Waals surface area contributed by atoms with Gasteiger partial charge in [0.1, 0.15) is 0 Å². The zero-order chi connectivity index (χ0) is 17.7. The maximum atomic E-state index is 12.1. The van der Waals surface area contributed by atoms with Crippen molar-refractivity contribution in [1.29, 1.82) is 0 Å². The molecule has 0 radical (unpaired) electrons. The van der Waals surface area contributed by atoms with Crippen LogP contribution in [-0.4, -0.2) is 39.2 Å². The topological polar surface area (TPSA) is 89.5 Å². The lowest BCUT2D eigenvalue weighted by Crippen LogP contribution is -2.38. The summed E-state index contributed by atoms with van der Waals surface area (Å²) in [5.74, 6) is -1.20. The largest absolute Gasteiger partial charge is 0.452 e. The number of carbonyl (C=O) groups is 2. The van der Waals surface area contributed by atoms with Crippen molar-refractivity contribution in [1.82, 2.24) is 5.32 Å². The molecule has 0 saturated heterocycles. The summed E-state index contributed by atoms with van der Waals surface area (Å²) in [4.78, 5) is 23.9. The zero-order valence-electron chi connectivity index (χ0n) is 13.4. The number of benzene rings is 1. The maximum absolute atomic E-state index is 12.1. The van der Waals surface area contributed by atoms with Gasteiger partial charge in [-0.25, -0.2) is 13.2 Å². The number of hydrogen-bond acceptors (Lipinski definition) is 5. The van der Waals surface area contributed by atoms with Crippen molar-refractivity contribution in [2.75, 3.05) is 12.9 Å². The molecule has 1 aromatic rings. The quantitative estimate of drug-likeness (QED) is 0.800. The number of ether oxygens (including phenoxy) is 1. The number of sulfone groups is 1. The van der Waals surface area contributed by atoms with Crippen molar-refractivity contribution < 1.29 is 22.7 Å². The summed E-state index contributed by atoms with van der Waals surface area (Å²) in [5, 5.41) is 2.90. The van der Waals surface area contributed by atoms with Crippen molar-refractivity contribution in [2.24, 2.45) is 0 Å². The first-order valence-corrected chi connectivity index (χ1v) is 10.0. The standard InChI is InChI=1S/C16H20ClNO5S/c1-24(21,22)12-7-8-14(17)13(9-12)16(20)23-10-15(19)18-11-5-3-2-4-6-11/h7-9,11H,2-6,10H2,1H3,(H,18,19). The number of amides is 1. The number of halogens is 1. The first-order valence-electron chi connectivity index (χ1n) is 7.73. The van der Waals surface area contributed by atoms with E-state index in [2.05, 4.69) is 5.32 Å². The van der Waals surface area contributed by atoms with Gasteiger partial charge in [0.25, 0.3) is 5.91 Å². The normalized spacial score (nSPS) is 15.8. The minimum atomic E-state index is -3.47. The lowest BCUT2D eigenvalue weighted by atomic mass is 9.95. The van der Waals surface area contributed by atoms with Crippen LogP contribution in [0.1, 0.15) is 42.5 Å². The van der Waals surface area contributed by atoms with Gasteiger partial charge in [-0.05, 0) is 31.0 Å². The molecule has 24 heavy (non-hydrogen) atoms. The van der Waals surface area contributed by atoms with Gasteiger partial charge in [-0.15, -0.1) is 0 Å². The Morgan fingerprint density at radius 2 is 1.92 bits per heavy atom. The summed E-state index contributed by atoms with van der Waals surface area (Å²) < 4.78 is 28.0. The smallest absolute Gasteiger partial charge is 0.340 e. The highest BCUT2D eigenvalue weighted by atomic mass is 35.5. The lowest BCUT2D eigenvalue weighted by molar-refractivity contribution is -0.125. The molecule has 2 rings (SSSR count). The third-order valence-corrected chi connectivity index (χ3v) is 5.33. The molecule has 1 aliphatic carbocycles. The number of rotatable bonds is 5. The van der Waals surface area contributed by atoms with Crippen molar-refractivity contribution in [3.05, 3.63) is 28.8 Å². The van der Waals surface area contributed by atoms with Gasteiger partial charge in [-0.2, -0.15) is 0 Å². The molecule has 1 N–H and O–H groups in total. The molecule has 8 heteroatoms. The van der Waals surface area contributed by atoms with Crippen molar-refractivity contribution in [2.45, 2.75) is 43.0 Å². The van der Waals surface area contributed by atoms with E-state index >= 15 is 0 Å². The molecule has 1 saturated carbocycles. The fraction of sp³-hybridized carbons (Fsp3) is 0.500. The SMILES string of the molecule is CS(=O)(=O)c1ccc(Cl)c(C(=O)OCC(=O)NC2CCCCC2)c1. The predicted molar refractivity (Wildman–Crippen MR) is 89.9 cm³/mol. The molecule has 1 amide bonds. The van der Waals surface area contributed by atoms with Crippen LogP contribution in [0.25, 0.3) is 0 Å². The molecule has 1 aromatic carbocycles. The number of esters is 1. The molecule has 1 aliphatic rings. The summed E-state index contributed by atoms with van der Waals surface area (Å²) in [6.07, 6.45) is 6.24. The molecular formula is C16H20ClNO5S. The van der Waals surface area contributed by atoms with Crippen LogP contribution in [-0.2, 0) is 19.4 Å². The van der Waals surface area contributed by atoms with E-state index in [1.54, 1.807) is 0 Å². The number of hydrogen-bond donors (Lipinski definition) is 1. The van der Waals surface area contributed by atoms with E-state index in [0.717, 1.165) is 38.0 Å². The van der Waals surface area contributed by atoms with Gasteiger partial charge in [0.15, 0.2) is 16.4 Å². The van der Waals surface area contributed by atoms with E-state index in [-0.39, 0.29) is 27.4 Å². The number of nitrogens with one attached hydrogen (secondary N) is 1. The van der Waals surface area contributed by atoms with Crippen LogP contribution in [0.4, 0.5) is 0 Å². The molecule has 0 bridgehead atoms. The summed E-state index contributed by atoms with van der Waals surface area (Å²) in [6.45, 7) is -0.422. The highest BCUT2D eigenvalue weighted by molar-refractivity contribution is 7.90. The fourth-order valence-corrected chi connectivity index (χ4v) is 3.46. The van der Waals surface area contributed by atoms with E-state index in [9.17, 15) is 18.0 Å². The van der Waals surface area contributed by atoms with Crippen molar-refractivity contribution in [3.63, 3.8) is 0 Å². The Bertz CT molecular complexity index is 726. The summed E-state index contributed by atoms with van der Waals surface area (Å²) in [7, 11) is -3.47. The Balaban J connectivity index is 1.95. The molecule has 0 aliphatic heterocycles. The van der Waals surface area contributed by atoms with Crippen LogP contribution in [0.3, 0.4) is 0 Å². The second-order valence-electron chi connectivity index (χ2n) is 5.89. The Hall–Kier alpha value is -1.60. The molecule has 0 spiro atoms. The maximum Gasteiger partial charge on any atom is 0.340 e. The number of carbonyl (C=O) groups excluding carboxylic acids is 2. The Morgan fingerprint density at radius 3 is 2.54 bits per heavy atom. The van der Waals surface area contributed by atoms with E-state index in [1.807, 2.05) is 0 Å². The lowest BCUT2D eigenvalue weighted by Gasteiger charge is -2.22. The summed E-state index contributed by atoms with van der Waals surface area (Å²) >= 11 is 5.92. The first kappa shape index (κ1) is 18.7. The van der Waals surface area contributed by atoms with Gasteiger partial charge in [-0.3, -0.25) is 4.79 Å². The van der Waals surface area contributed by atoms with Crippen LogP contribution in [0.2, 0.25) is 5.02 Å². The Labute approximate surface area is 146 Å². The van der Waals surface area contributed by atoms with Gasteiger partial charge >= 0.3 is 5.97 Å². The molecular weight excluding hydrogens is 354 g/mol.